The van der Waals surface area contributed by atoms with Gasteiger partial charge in [-0.05, 0) is 57.3 Å². The van der Waals surface area contributed by atoms with Gasteiger partial charge in [0.1, 0.15) is 5.69 Å². The summed E-state index contributed by atoms with van der Waals surface area (Å²) in [6, 6.07) is 15.6. The van der Waals surface area contributed by atoms with Gasteiger partial charge in [0.15, 0.2) is 0 Å². The van der Waals surface area contributed by atoms with Crippen LogP contribution in [0.5, 0.6) is 0 Å². The van der Waals surface area contributed by atoms with Gasteiger partial charge in [0.2, 0.25) is 6.41 Å². The van der Waals surface area contributed by atoms with Gasteiger partial charge in [0.05, 0.1) is 11.4 Å². The standard InChI is InChI=1S/C22H22N4O2.C2H7N/c1-2-25(15-27)19-7-4-3-6-18(19)24-14-16-8-9-17-13-21-22(28)23-10-5-11-26(21)20(17)12-16;1-3-2/h3-4,6-9,12-15H,2,5,10-11H2,1H3,(H,23,28);3H,1-2H3. The second-order valence-corrected chi connectivity index (χ2v) is 7.25. The molecule has 31 heavy (non-hydrogen) atoms. The number of carbonyl (C=O) groups is 2. The number of aromatic nitrogens is 1. The first kappa shape index (κ1) is 22.2. The van der Waals surface area contributed by atoms with E-state index >= 15 is 0 Å². The SMILES string of the molecule is CCN(C=O)c1ccccc1N=Cc1ccc2cc3n(c2c1)CCCNC3=O.CNC. The zero-order chi connectivity index (χ0) is 22.2. The molecule has 2 N–H and O–H groups in total. The van der Waals surface area contributed by atoms with E-state index in [9.17, 15) is 9.59 Å². The molecule has 0 radical (unpaired) electrons. The van der Waals surface area contributed by atoms with Gasteiger partial charge < -0.3 is 20.1 Å². The van der Waals surface area contributed by atoms with Gasteiger partial charge in [-0.15, -0.1) is 0 Å². The van der Waals surface area contributed by atoms with Crippen LogP contribution < -0.4 is 15.5 Å². The van der Waals surface area contributed by atoms with Crippen molar-refractivity contribution in [2.24, 2.45) is 4.99 Å². The summed E-state index contributed by atoms with van der Waals surface area (Å²) in [5.41, 5.74) is 4.21. The van der Waals surface area contributed by atoms with Crippen LogP contribution in [0.25, 0.3) is 10.9 Å². The number of aryl methyl sites for hydroxylation is 1. The summed E-state index contributed by atoms with van der Waals surface area (Å²) in [6.45, 7) is 4.02. The highest BCUT2D eigenvalue weighted by Crippen LogP contribution is 2.28. The first-order valence-electron chi connectivity index (χ1n) is 10.5. The van der Waals surface area contributed by atoms with Gasteiger partial charge >= 0.3 is 0 Å². The van der Waals surface area contributed by atoms with Crippen molar-refractivity contribution in [3.05, 3.63) is 59.8 Å². The number of para-hydroxylation sites is 2. The largest absolute Gasteiger partial charge is 0.351 e. The number of nitrogens with zero attached hydrogens (tertiary/aromatic N) is 3. The van der Waals surface area contributed by atoms with Gasteiger partial charge in [-0.25, -0.2) is 0 Å². The van der Waals surface area contributed by atoms with Crippen LogP contribution in [-0.2, 0) is 11.3 Å². The van der Waals surface area contributed by atoms with Crippen LogP contribution in [0.2, 0.25) is 0 Å². The minimum absolute atomic E-state index is 0.0219. The monoisotopic (exact) mass is 419 g/mol. The van der Waals surface area contributed by atoms with E-state index in [1.54, 1.807) is 11.1 Å². The highest BCUT2D eigenvalue weighted by atomic mass is 16.2. The molecule has 0 bridgehead atoms. The van der Waals surface area contributed by atoms with E-state index in [0.29, 0.717) is 18.8 Å². The number of fused-ring (bicyclic) bond motifs is 3. The average Bonchev–Trinajstić information content (AvgIpc) is 3.05. The van der Waals surface area contributed by atoms with Crippen LogP contribution in [-0.4, -0.2) is 50.3 Å². The molecule has 1 aliphatic heterocycles. The van der Waals surface area contributed by atoms with Crippen molar-refractivity contribution in [3.63, 3.8) is 0 Å². The Labute approximate surface area is 182 Å². The zero-order valence-corrected chi connectivity index (χ0v) is 18.3. The Kier molecular flexibility index (Phi) is 7.56. The lowest BCUT2D eigenvalue weighted by Gasteiger charge is -2.16. The van der Waals surface area contributed by atoms with Crippen LogP contribution in [0.1, 0.15) is 29.4 Å². The molecule has 2 aromatic carbocycles. The molecule has 4 rings (SSSR count). The first-order valence-corrected chi connectivity index (χ1v) is 10.5. The molecular weight excluding hydrogens is 390 g/mol. The summed E-state index contributed by atoms with van der Waals surface area (Å²) in [4.78, 5) is 29.8. The number of hydrogen-bond acceptors (Lipinski definition) is 4. The number of anilines is 1. The van der Waals surface area contributed by atoms with Crippen LogP contribution >= 0.6 is 0 Å². The number of nitrogens with one attached hydrogen (secondary N) is 2. The van der Waals surface area contributed by atoms with Crippen LogP contribution in [0.4, 0.5) is 11.4 Å². The number of amides is 2. The van der Waals surface area contributed by atoms with Gasteiger partial charge in [-0.3, -0.25) is 14.6 Å². The zero-order valence-electron chi connectivity index (χ0n) is 18.3. The third-order valence-electron chi connectivity index (χ3n) is 5.02. The van der Waals surface area contributed by atoms with Crippen molar-refractivity contribution in [1.29, 1.82) is 0 Å². The van der Waals surface area contributed by atoms with E-state index in [4.69, 9.17) is 0 Å². The Hall–Kier alpha value is -3.45. The highest BCUT2D eigenvalue weighted by molar-refractivity contribution is 6.00. The number of hydrogen-bond donors (Lipinski definition) is 2. The van der Waals surface area contributed by atoms with Gasteiger partial charge in [-0.1, -0.05) is 24.3 Å². The van der Waals surface area contributed by atoms with Crippen molar-refractivity contribution in [2.45, 2.75) is 19.9 Å². The van der Waals surface area contributed by atoms with E-state index in [0.717, 1.165) is 47.2 Å². The smallest absolute Gasteiger partial charge is 0.267 e. The molecule has 0 saturated carbocycles. The maximum Gasteiger partial charge on any atom is 0.267 e. The Balaban J connectivity index is 0.000000858. The highest BCUT2D eigenvalue weighted by Gasteiger charge is 2.18. The second-order valence-electron chi connectivity index (χ2n) is 7.25. The quantitative estimate of drug-likeness (QED) is 0.492. The summed E-state index contributed by atoms with van der Waals surface area (Å²) >= 11 is 0. The fourth-order valence-corrected chi connectivity index (χ4v) is 3.57. The maximum absolute atomic E-state index is 12.2. The third kappa shape index (κ3) is 5.00. The summed E-state index contributed by atoms with van der Waals surface area (Å²) in [5.74, 6) is -0.0219. The van der Waals surface area contributed by atoms with Crippen LogP contribution in [0.15, 0.2) is 53.5 Å². The van der Waals surface area contributed by atoms with E-state index in [1.807, 2.05) is 63.5 Å². The van der Waals surface area contributed by atoms with Gasteiger partial charge in [0.25, 0.3) is 5.91 Å². The molecule has 0 atom stereocenters. The van der Waals surface area contributed by atoms with E-state index in [1.165, 1.54) is 0 Å². The predicted octanol–water partition coefficient (Wildman–Crippen LogP) is 3.34. The van der Waals surface area contributed by atoms with Crippen molar-refractivity contribution >= 4 is 40.8 Å². The number of carbonyl (C=O) groups excluding carboxylic acids is 2. The third-order valence-corrected chi connectivity index (χ3v) is 5.02. The number of aliphatic imine (C=N–C) groups is 1. The molecular formula is C24H29N5O2. The van der Waals surface area contributed by atoms with Crippen LogP contribution in [0, 0.1) is 0 Å². The number of benzene rings is 2. The van der Waals surface area contributed by atoms with E-state index in [2.05, 4.69) is 26.3 Å². The van der Waals surface area contributed by atoms with E-state index in [-0.39, 0.29) is 5.91 Å². The van der Waals surface area contributed by atoms with Gasteiger partial charge in [-0.2, -0.15) is 0 Å². The molecule has 0 spiro atoms. The Morgan fingerprint density at radius 2 is 1.97 bits per heavy atom. The Morgan fingerprint density at radius 1 is 1.19 bits per heavy atom. The summed E-state index contributed by atoms with van der Waals surface area (Å²) in [5, 5.41) is 6.73. The minimum atomic E-state index is -0.0219. The molecule has 2 amide bonds. The van der Waals surface area contributed by atoms with Crippen molar-refractivity contribution < 1.29 is 9.59 Å². The van der Waals surface area contributed by atoms with Crippen molar-refractivity contribution in [3.8, 4) is 0 Å². The molecule has 7 nitrogen and oxygen atoms in total. The lowest BCUT2D eigenvalue weighted by molar-refractivity contribution is -0.107. The molecule has 1 aromatic heterocycles. The molecule has 162 valence electrons. The topological polar surface area (TPSA) is 78.7 Å². The fraction of sp³-hybridized carbons (Fsp3) is 0.292. The molecule has 0 saturated heterocycles. The van der Waals surface area contributed by atoms with Crippen molar-refractivity contribution in [2.75, 3.05) is 32.1 Å². The minimum Gasteiger partial charge on any atom is -0.351 e. The number of rotatable bonds is 5. The normalized spacial score (nSPS) is 13.2. The predicted molar refractivity (Wildman–Crippen MR) is 127 cm³/mol. The molecule has 0 unspecified atom stereocenters. The Bertz CT molecular complexity index is 1090. The maximum atomic E-state index is 12.2. The van der Waals surface area contributed by atoms with Crippen molar-refractivity contribution in [1.82, 2.24) is 15.2 Å². The van der Waals surface area contributed by atoms with E-state index < -0.39 is 0 Å². The summed E-state index contributed by atoms with van der Waals surface area (Å²) < 4.78 is 2.08. The fourth-order valence-electron chi connectivity index (χ4n) is 3.57. The molecule has 7 heteroatoms. The molecule has 2 heterocycles. The summed E-state index contributed by atoms with van der Waals surface area (Å²) in [6.07, 6.45) is 3.53. The summed E-state index contributed by atoms with van der Waals surface area (Å²) in [7, 11) is 3.75. The van der Waals surface area contributed by atoms with Gasteiger partial charge in [0, 0.05) is 36.8 Å². The first-order chi connectivity index (χ1) is 15.1. The lowest BCUT2D eigenvalue weighted by Crippen LogP contribution is -2.22. The lowest BCUT2D eigenvalue weighted by atomic mass is 10.1. The molecule has 0 fully saturated rings. The average molecular weight is 420 g/mol. The Morgan fingerprint density at radius 3 is 2.71 bits per heavy atom. The molecule has 0 aliphatic carbocycles. The molecule has 1 aliphatic rings. The molecule has 3 aromatic rings. The second kappa shape index (κ2) is 10.5. The van der Waals surface area contributed by atoms with Crippen LogP contribution in [0.3, 0.4) is 0 Å².